The van der Waals surface area contributed by atoms with Crippen LogP contribution in [0.1, 0.15) is 58.3 Å². The zero-order valence-corrected chi connectivity index (χ0v) is 9.13. The van der Waals surface area contributed by atoms with Gasteiger partial charge in [-0.2, -0.15) is 0 Å². The molecule has 0 amide bonds. The third kappa shape index (κ3) is 11.2. The summed E-state index contributed by atoms with van der Waals surface area (Å²) < 4.78 is 0. The summed E-state index contributed by atoms with van der Waals surface area (Å²) in [5, 5.41) is 9.43. The molecule has 0 spiro atoms. The van der Waals surface area contributed by atoms with Gasteiger partial charge >= 0.3 is 0 Å². The highest BCUT2D eigenvalue weighted by molar-refractivity contribution is 4.46. The molecule has 4 nitrogen and oxygen atoms in total. The van der Waals surface area contributed by atoms with Crippen LogP contribution in [0.25, 0.3) is 0 Å². The Morgan fingerprint density at radius 3 is 2.00 bits per heavy atom. The van der Waals surface area contributed by atoms with Crippen LogP contribution in [0.3, 0.4) is 0 Å². The molecule has 0 rings (SSSR count). The van der Waals surface area contributed by atoms with E-state index in [1.807, 2.05) is 0 Å². The van der Waals surface area contributed by atoms with Gasteiger partial charge in [-0.15, -0.1) is 5.43 Å². The third-order valence-electron chi connectivity index (χ3n) is 2.27. The van der Waals surface area contributed by atoms with Gasteiger partial charge in [-0.25, -0.2) is 10.1 Å². The summed E-state index contributed by atoms with van der Waals surface area (Å²) in [6.07, 6.45) is 9.78. The van der Waals surface area contributed by atoms with Crippen LogP contribution >= 0.6 is 0 Å². The number of hydrogen-bond donors (Lipinski definition) is 1. The molecule has 0 aliphatic rings. The van der Waals surface area contributed by atoms with Crippen LogP contribution < -0.4 is 5.43 Å². The number of hydrogen-bond acceptors (Lipinski definition) is 2. The Hall–Kier alpha value is -0.800. The first-order valence-electron chi connectivity index (χ1n) is 5.65. The Kier molecular flexibility index (Phi) is 9.69. The van der Waals surface area contributed by atoms with Crippen molar-refractivity contribution < 1.29 is 5.03 Å². The smallest absolute Gasteiger partial charge is 0.157 e. The van der Waals surface area contributed by atoms with E-state index in [1.54, 1.807) is 0 Å². The maximum absolute atomic E-state index is 9.90. The van der Waals surface area contributed by atoms with Crippen LogP contribution in [-0.4, -0.2) is 11.6 Å². The molecule has 0 atom stereocenters. The summed E-state index contributed by atoms with van der Waals surface area (Å²) in [5.74, 6) is 0. The van der Waals surface area contributed by atoms with Crippen molar-refractivity contribution in [2.75, 3.05) is 6.54 Å². The summed E-state index contributed by atoms with van der Waals surface area (Å²) in [5.41, 5.74) is 2.18. The first-order valence-corrected chi connectivity index (χ1v) is 5.65. The number of nitrogens with one attached hydrogen (secondary N) is 1. The molecule has 0 aromatic carbocycles. The normalized spacial score (nSPS) is 10.1. The molecule has 0 fully saturated rings. The topological polar surface area (TPSA) is 55.2 Å². The molecule has 0 aliphatic heterocycles. The van der Waals surface area contributed by atoms with Crippen LogP contribution in [0.2, 0.25) is 0 Å². The molecule has 0 saturated heterocycles. The first-order chi connectivity index (χ1) is 6.77. The molecule has 0 unspecified atom stereocenters. The average Bonchev–Trinajstić information content (AvgIpc) is 2.15. The molecule has 84 valence electrons. The lowest BCUT2D eigenvalue weighted by atomic mass is 10.1. The molecule has 1 N–H and O–H groups in total. The molecule has 0 aromatic heterocycles. The lowest BCUT2D eigenvalue weighted by Crippen LogP contribution is -2.22. The zero-order chi connectivity index (χ0) is 10.6. The van der Waals surface area contributed by atoms with E-state index in [2.05, 4.69) is 12.3 Å². The van der Waals surface area contributed by atoms with E-state index < -0.39 is 5.03 Å². The van der Waals surface area contributed by atoms with Gasteiger partial charge in [-0.3, -0.25) is 0 Å². The van der Waals surface area contributed by atoms with E-state index in [4.69, 9.17) is 0 Å². The third-order valence-corrected chi connectivity index (χ3v) is 2.27. The van der Waals surface area contributed by atoms with Crippen molar-refractivity contribution in [3.63, 3.8) is 0 Å². The minimum Gasteiger partial charge on any atom is -0.235 e. The van der Waals surface area contributed by atoms with Gasteiger partial charge in [-0.05, 0) is 6.42 Å². The minimum atomic E-state index is -0.471. The van der Waals surface area contributed by atoms with Crippen molar-refractivity contribution in [3.8, 4) is 0 Å². The summed E-state index contributed by atoms with van der Waals surface area (Å²) in [4.78, 5) is 9.90. The van der Waals surface area contributed by atoms with Gasteiger partial charge in [0.2, 0.25) is 0 Å². The Balaban J connectivity index is 2.88. The number of nitro groups is 1. The van der Waals surface area contributed by atoms with Gasteiger partial charge in [0.1, 0.15) is 0 Å². The fourth-order valence-electron chi connectivity index (χ4n) is 1.43. The molecule has 0 radical (unpaired) electrons. The predicted molar refractivity (Wildman–Crippen MR) is 57.6 cm³/mol. The maximum atomic E-state index is 9.90. The van der Waals surface area contributed by atoms with Crippen LogP contribution in [0.15, 0.2) is 0 Å². The first kappa shape index (κ1) is 13.2. The second-order valence-corrected chi connectivity index (χ2v) is 3.64. The summed E-state index contributed by atoms with van der Waals surface area (Å²) in [6.45, 7) is 2.71. The van der Waals surface area contributed by atoms with Crippen molar-refractivity contribution in [3.05, 3.63) is 10.1 Å². The van der Waals surface area contributed by atoms with Crippen LogP contribution in [0.5, 0.6) is 0 Å². The number of nitrogens with zero attached hydrogens (tertiary/aromatic N) is 1. The number of unbranched alkanes of at least 4 members (excludes halogenated alkanes) is 7. The Morgan fingerprint density at radius 2 is 1.50 bits per heavy atom. The monoisotopic (exact) mass is 202 g/mol. The molecule has 14 heavy (non-hydrogen) atoms. The molecule has 0 aromatic rings. The van der Waals surface area contributed by atoms with Gasteiger partial charge in [-0.1, -0.05) is 51.9 Å². The van der Waals surface area contributed by atoms with Gasteiger partial charge in [0, 0.05) is 0 Å². The highest BCUT2D eigenvalue weighted by Gasteiger charge is 1.94. The van der Waals surface area contributed by atoms with Gasteiger partial charge in [0.05, 0.1) is 6.54 Å². The molecular weight excluding hydrogens is 180 g/mol. The summed E-state index contributed by atoms with van der Waals surface area (Å²) in [7, 11) is 0. The summed E-state index contributed by atoms with van der Waals surface area (Å²) >= 11 is 0. The van der Waals surface area contributed by atoms with E-state index in [0.29, 0.717) is 6.54 Å². The quantitative estimate of drug-likeness (QED) is 0.336. The Morgan fingerprint density at radius 1 is 1.00 bits per heavy atom. The van der Waals surface area contributed by atoms with Gasteiger partial charge < -0.3 is 0 Å². The molecular formula is C10H22N2O2. The second-order valence-electron chi connectivity index (χ2n) is 3.64. The number of rotatable bonds is 10. The fraction of sp³-hybridized carbons (Fsp3) is 1.00. The highest BCUT2D eigenvalue weighted by atomic mass is 16.7. The van der Waals surface area contributed by atoms with Crippen molar-refractivity contribution in [2.45, 2.75) is 58.3 Å². The van der Waals surface area contributed by atoms with Crippen molar-refractivity contribution in [1.29, 1.82) is 0 Å². The average molecular weight is 202 g/mol. The van der Waals surface area contributed by atoms with E-state index in [9.17, 15) is 10.1 Å². The van der Waals surface area contributed by atoms with E-state index in [1.165, 1.54) is 38.5 Å². The van der Waals surface area contributed by atoms with Crippen molar-refractivity contribution in [2.24, 2.45) is 0 Å². The second kappa shape index (κ2) is 10.3. The predicted octanol–water partition coefficient (Wildman–Crippen LogP) is 2.91. The zero-order valence-electron chi connectivity index (χ0n) is 9.13. The number of hydrazine groups is 1. The van der Waals surface area contributed by atoms with E-state index in [0.717, 1.165) is 12.8 Å². The van der Waals surface area contributed by atoms with E-state index in [-0.39, 0.29) is 0 Å². The lowest BCUT2D eigenvalue weighted by Gasteiger charge is -2.00. The Labute approximate surface area is 86.2 Å². The lowest BCUT2D eigenvalue weighted by molar-refractivity contribution is -0.544. The maximum Gasteiger partial charge on any atom is 0.157 e. The van der Waals surface area contributed by atoms with Crippen molar-refractivity contribution in [1.82, 2.24) is 5.43 Å². The highest BCUT2D eigenvalue weighted by Crippen LogP contribution is 2.07. The largest absolute Gasteiger partial charge is 0.235 e. The fourth-order valence-corrected chi connectivity index (χ4v) is 1.43. The SMILES string of the molecule is CCCCCCCCCCN[N+](=O)[O-]. The van der Waals surface area contributed by atoms with Crippen LogP contribution in [-0.2, 0) is 0 Å². The molecule has 0 bridgehead atoms. The van der Waals surface area contributed by atoms with Crippen molar-refractivity contribution >= 4 is 0 Å². The van der Waals surface area contributed by atoms with Crippen LogP contribution in [0, 0.1) is 10.1 Å². The molecule has 0 saturated carbocycles. The van der Waals surface area contributed by atoms with E-state index >= 15 is 0 Å². The van der Waals surface area contributed by atoms with Gasteiger partial charge in [0.15, 0.2) is 5.03 Å². The standard InChI is InChI=1S/C10H22N2O2/c1-2-3-4-5-6-7-8-9-10-11-12(13)14/h11H,2-10H2,1H3. The Bertz CT molecular complexity index is 140. The molecule has 0 aliphatic carbocycles. The minimum absolute atomic E-state index is 0.471. The summed E-state index contributed by atoms with van der Waals surface area (Å²) in [6, 6.07) is 0. The van der Waals surface area contributed by atoms with Gasteiger partial charge in [0.25, 0.3) is 0 Å². The molecule has 0 heterocycles. The molecule has 4 heteroatoms. The van der Waals surface area contributed by atoms with Crippen LogP contribution in [0.4, 0.5) is 0 Å².